The Balaban J connectivity index is 1.37. The molecule has 1 aromatic rings. The lowest BCUT2D eigenvalue weighted by molar-refractivity contribution is -0.126. The van der Waals surface area contributed by atoms with Crippen LogP contribution in [0.3, 0.4) is 0 Å². The van der Waals surface area contributed by atoms with Gasteiger partial charge in [-0.15, -0.1) is 0 Å². The molecule has 9 nitrogen and oxygen atoms in total. The summed E-state index contributed by atoms with van der Waals surface area (Å²) in [5.74, 6) is 1.05. The monoisotopic (exact) mass is 321 g/mol. The highest BCUT2D eigenvalue weighted by Gasteiger charge is 2.31. The van der Waals surface area contributed by atoms with E-state index in [0.29, 0.717) is 17.2 Å². The van der Waals surface area contributed by atoms with Gasteiger partial charge in [-0.3, -0.25) is 14.9 Å². The van der Waals surface area contributed by atoms with E-state index in [4.69, 9.17) is 14.2 Å². The van der Waals surface area contributed by atoms with Crippen molar-refractivity contribution in [3.63, 3.8) is 0 Å². The van der Waals surface area contributed by atoms with Crippen LogP contribution in [0.1, 0.15) is 6.42 Å². The fourth-order valence-corrected chi connectivity index (χ4v) is 2.19. The molecular formula is C14H15N3O6. The molecule has 23 heavy (non-hydrogen) atoms. The molecule has 1 unspecified atom stereocenters. The number of benzene rings is 1. The zero-order valence-electron chi connectivity index (χ0n) is 12.1. The maximum Gasteiger partial charge on any atom is 0.322 e. The quantitative estimate of drug-likeness (QED) is 0.481. The third kappa shape index (κ3) is 3.62. The van der Waals surface area contributed by atoms with Crippen LogP contribution in [0.15, 0.2) is 18.2 Å². The summed E-state index contributed by atoms with van der Waals surface area (Å²) in [6.45, 7) is 0.726. The van der Waals surface area contributed by atoms with E-state index in [1.165, 1.54) is 0 Å². The lowest BCUT2D eigenvalue weighted by atomic mass is 10.2. The SMILES string of the molecule is O=C(CC1NC(=O)NC1=O)NCCOc1ccc2c(c1)OCO2. The highest BCUT2D eigenvalue weighted by atomic mass is 16.7. The van der Waals surface area contributed by atoms with Crippen LogP contribution in [-0.4, -0.2) is 43.8 Å². The lowest BCUT2D eigenvalue weighted by Gasteiger charge is -2.10. The Kier molecular flexibility index (Phi) is 4.18. The summed E-state index contributed by atoms with van der Waals surface area (Å²) in [6.07, 6.45) is -0.110. The zero-order chi connectivity index (χ0) is 16.2. The second-order valence-electron chi connectivity index (χ2n) is 4.93. The number of rotatable bonds is 6. The minimum absolute atomic E-state index is 0.110. The van der Waals surface area contributed by atoms with Crippen LogP contribution in [0.4, 0.5) is 4.79 Å². The number of carbonyl (C=O) groups excluding carboxylic acids is 3. The van der Waals surface area contributed by atoms with Crippen LogP contribution in [0.2, 0.25) is 0 Å². The minimum atomic E-state index is -0.822. The van der Waals surface area contributed by atoms with Crippen molar-refractivity contribution in [2.45, 2.75) is 12.5 Å². The fraction of sp³-hybridized carbons (Fsp3) is 0.357. The van der Waals surface area contributed by atoms with E-state index in [1.54, 1.807) is 18.2 Å². The Morgan fingerprint density at radius 1 is 1.30 bits per heavy atom. The summed E-state index contributed by atoms with van der Waals surface area (Å²) >= 11 is 0. The number of amides is 4. The second kappa shape index (κ2) is 6.42. The molecule has 2 heterocycles. The Bertz CT molecular complexity index is 647. The first-order valence-corrected chi connectivity index (χ1v) is 7.02. The topological polar surface area (TPSA) is 115 Å². The second-order valence-corrected chi connectivity index (χ2v) is 4.93. The summed E-state index contributed by atoms with van der Waals surface area (Å²) in [5, 5.41) is 7.04. The van der Waals surface area contributed by atoms with Crippen molar-refractivity contribution in [2.75, 3.05) is 19.9 Å². The number of nitrogens with one attached hydrogen (secondary N) is 3. The standard InChI is InChI=1S/C14H15N3O6/c18-12(6-9-13(19)17-14(20)16-9)15-3-4-21-8-1-2-10-11(5-8)23-7-22-10/h1-2,5,9H,3-4,6-7H2,(H,15,18)(H2,16,17,19,20). The number of ether oxygens (including phenoxy) is 3. The predicted octanol–water partition coefficient (Wildman–Crippen LogP) is -0.492. The van der Waals surface area contributed by atoms with Crippen LogP contribution >= 0.6 is 0 Å². The van der Waals surface area contributed by atoms with E-state index >= 15 is 0 Å². The summed E-state index contributed by atoms with van der Waals surface area (Å²) in [6, 6.07) is 3.80. The van der Waals surface area contributed by atoms with Gasteiger partial charge in [0, 0.05) is 6.07 Å². The van der Waals surface area contributed by atoms with E-state index in [-0.39, 0.29) is 32.3 Å². The first-order chi connectivity index (χ1) is 11.1. The average molecular weight is 321 g/mol. The van der Waals surface area contributed by atoms with Gasteiger partial charge in [-0.05, 0) is 12.1 Å². The molecule has 9 heteroatoms. The van der Waals surface area contributed by atoms with E-state index < -0.39 is 18.0 Å². The first-order valence-electron chi connectivity index (χ1n) is 7.02. The van der Waals surface area contributed by atoms with Gasteiger partial charge in [0.1, 0.15) is 18.4 Å². The van der Waals surface area contributed by atoms with Gasteiger partial charge < -0.3 is 24.8 Å². The molecule has 122 valence electrons. The molecule has 1 fully saturated rings. The molecule has 2 aliphatic heterocycles. The van der Waals surface area contributed by atoms with Crippen LogP contribution < -0.4 is 30.2 Å². The maximum absolute atomic E-state index is 11.7. The minimum Gasteiger partial charge on any atom is -0.492 e. The number of imide groups is 1. The fourth-order valence-electron chi connectivity index (χ4n) is 2.19. The van der Waals surface area contributed by atoms with Gasteiger partial charge in [0.2, 0.25) is 12.7 Å². The number of hydrogen-bond acceptors (Lipinski definition) is 6. The summed E-state index contributed by atoms with van der Waals surface area (Å²) < 4.78 is 15.9. The van der Waals surface area contributed by atoms with E-state index in [1.807, 2.05) is 0 Å². The van der Waals surface area contributed by atoms with Crippen molar-refractivity contribution in [3.8, 4) is 17.2 Å². The summed E-state index contributed by atoms with van der Waals surface area (Å²) in [7, 11) is 0. The molecule has 1 saturated heterocycles. The van der Waals surface area contributed by atoms with Crippen molar-refractivity contribution in [1.29, 1.82) is 0 Å². The van der Waals surface area contributed by atoms with E-state index in [9.17, 15) is 14.4 Å². The summed E-state index contributed by atoms with van der Waals surface area (Å²) in [4.78, 5) is 33.9. The van der Waals surface area contributed by atoms with Gasteiger partial charge in [0.15, 0.2) is 11.5 Å². The Morgan fingerprint density at radius 3 is 2.91 bits per heavy atom. The number of carbonyl (C=O) groups is 3. The predicted molar refractivity (Wildman–Crippen MR) is 76.1 cm³/mol. The molecule has 4 amide bonds. The first kappa shape index (κ1) is 14.9. The van der Waals surface area contributed by atoms with Crippen molar-refractivity contribution in [1.82, 2.24) is 16.0 Å². The number of fused-ring (bicyclic) bond motifs is 1. The van der Waals surface area contributed by atoms with Gasteiger partial charge in [-0.25, -0.2) is 4.79 Å². The third-order valence-electron chi connectivity index (χ3n) is 3.29. The van der Waals surface area contributed by atoms with Crippen LogP contribution in [0.25, 0.3) is 0 Å². The third-order valence-corrected chi connectivity index (χ3v) is 3.29. The van der Waals surface area contributed by atoms with Crippen LogP contribution in [-0.2, 0) is 9.59 Å². The number of urea groups is 1. The van der Waals surface area contributed by atoms with E-state index in [0.717, 1.165) is 0 Å². The molecule has 0 aliphatic carbocycles. The molecule has 0 bridgehead atoms. The highest BCUT2D eigenvalue weighted by molar-refractivity contribution is 6.05. The highest BCUT2D eigenvalue weighted by Crippen LogP contribution is 2.34. The van der Waals surface area contributed by atoms with Gasteiger partial charge in [0.05, 0.1) is 13.0 Å². The van der Waals surface area contributed by atoms with Crippen molar-refractivity contribution in [2.24, 2.45) is 0 Å². The van der Waals surface area contributed by atoms with Crippen LogP contribution in [0.5, 0.6) is 17.2 Å². The Hall–Kier alpha value is -2.97. The van der Waals surface area contributed by atoms with E-state index in [2.05, 4.69) is 16.0 Å². The smallest absolute Gasteiger partial charge is 0.322 e. The molecular weight excluding hydrogens is 306 g/mol. The average Bonchev–Trinajstić information content (AvgIpc) is 3.09. The van der Waals surface area contributed by atoms with Crippen molar-refractivity contribution in [3.05, 3.63) is 18.2 Å². The van der Waals surface area contributed by atoms with Gasteiger partial charge in [-0.1, -0.05) is 0 Å². The van der Waals surface area contributed by atoms with Gasteiger partial charge in [0.25, 0.3) is 5.91 Å². The molecule has 0 aromatic heterocycles. The molecule has 0 spiro atoms. The Labute approximate surface area is 131 Å². The summed E-state index contributed by atoms with van der Waals surface area (Å²) in [5.41, 5.74) is 0. The van der Waals surface area contributed by atoms with Crippen molar-refractivity contribution < 1.29 is 28.6 Å². The molecule has 3 N–H and O–H groups in total. The largest absolute Gasteiger partial charge is 0.492 e. The van der Waals surface area contributed by atoms with Gasteiger partial charge in [-0.2, -0.15) is 0 Å². The lowest BCUT2D eigenvalue weighted by Crippen LogP contribution is -2.37. The molecule has 3 rings (SSSR count). The maximum atomic E-state index is 11.7. The number of hydrogen-bond donors (Lipinski definition) is 3. The Morgan fingerprint density at radius 2 is 2.13 bits per heavy atom. The van der Waals surface area contributed by atoms with Gasteiger partial charge >= 0.3 is 6.03 Å². The van der Waals surface area contributed by atoms with Crippen LogP contribution in [0, 0.1) is 0 Å². The zero-order valence-corrected chi connectivity index (χ0v) is 12.1. The molecule has 0 radical (unpaired) electrons. The molecule has 1 aromatic carbocycles. The molecule has 2 aliphatic rings. The molecule has 0 saturated carbocycles. The normalized spacial score (nSPS) is 18.3. The molecule has 1 atom stereocenters. The van der Waals surface area contributed by atoms with Crippen molar-refractivity contribution >= 4 is 17.8 Å².